The maximum Gasteiger partial charge on any atom is 0.130 e. The van der Waals surface area contributed by atoms with Crippen LogP contribution < -0.4 is 5.32 Å². The highest BCUT2D eigenvalue weighted by Crippen LogP contribution is 2.25. The van der Waals surface area contributed by atoms with Gasteiger partial charge in [0.2, 0.25) is 0 Å². The Bertz CT molecular complexity index is 856. The van der Waals surface area contributed by atoms with Crippen LogP contribution in [-0.2, 0) is 17.8 Å². The predicted molar refractivity (Wildman–Crippen MR) is 100 cm³/mol. The molecule has 4 rings (SSSR count). The van der Waals surface area contributed by atoms with Crippen LogP contribution in [0.15, 0.2) is 48.8 Å². The number of hydrogen-bond donors (Lipinski definition) is 1. The van der Waals surface area contributed by atoms with Gasteiger partial charge in [-0.15, -0.1) is 0 Å². The summed E-state index contributed by atoms with van der Waals surface area (Å²) in [7, 11) is 0. The van der Waals surface area contributed by atoms with Gasteiger partial charge in [0.1, 0.15) is 11.6 Å². The molecule has 0 unspecified atom stereocenters. The Morgan fingerprint density at radius 1 is 1.19 bits per heavy atom. The molecular weight excluding hydrogens is 326 g/mol. The van der Waals surface area contributed by atoms with Crippen LogP contribution in [0.25, 0.3) is 0 Å². The molecule has 1 aromatic carbocycles. The van der Waals surface area contributed by atoms with E-state index in [4.69, 9.17) is 4.74 Å². The summed E-state index contributed by atoms with van der Waals surface area (Å²) in [4.78, 5) is 9.08. The summed E-state index contributed by atoms with van der Waals surface area (Å²) in [6.07, 6.45) is 5.00. The van der Waals surface area contributed by atoms with Gasteiger partial charge >= 0.3 is 0 Å². The van der Waals surface area contributed by atoms with Gasteiger partial charge in [-0.3, -0.25) is 4.68 Å². The van der Waals surface area contributed by atoms with Crippen LogP contribution in [0, 0.1) is 6.92 Å². The van der Waals surface area contributed by atoms with Crippen molar-refractivity contribution in [2.45, 2.75) is 32.4 Å². The molecule has 134 valence electrons. The topological polar surface area (TPSA) is 64.9 Å². The number of benzene rings is 1. The van der Waals surface area contributed by atoms with E-state index in [1.54, 1.807) is 0 Å². The minimum absolute atomic E-state index is 0.380. The number of hydrogen-bond acceptors (Lipinski definition) is 5. The molecule has 3 aromatic rings. The Kier molecular flexibility index (Phi) is 4.93. The van der Waals surface area contributed by atoms with Gasteiger partial charge in [0.05, 0.1) is 25.0 Å². The highest BCUT2D eigenvalue weighted by atomic mass is 16.5. The normalized spacial score (nSPS) is 16.7. The second kappa shape index (κ2) is 7.66. The summed E-state index contributed by atoms with van der Waals surface area (Å²) >= 11 is 0. The third-order valence-corrected chi connectivity index (χ3v) is 4.55. The Morgan fingerprint density at radius 3 is 2.88 bits per heavy atom. The molecule has 1 aliphatic heterocycles. The minimum Gasteiger partial charge on any atom is -0.381 e. The van der Waals surface area contributed by atoms with Crippen molar-refractivity contribution in [1.82, 2.24) is 19.7 Å². The fraction of sp³-hybridized carbons (Fsp3) is 0.350. The van der Waals surface area contributed by atoms with E-state index in [2.05, 4.69) is 38.7 Å². The molecule has 0 spiro atoms. The predicted octanol–water partition coefficient (Wildman–Crippen LogP) is 3.15. The molecule has 0 amide bonds. The van der Waals surface area contributed by atoms with E-state index in [9.17, 15) is 0 Å². The van der Waals surface area contributed by atoms with Gasteiger partial charge in [0, 0.05) is 36.9 Å². The zero-order valence-electron chi connectivity index (χ0n) is 14.9. The smallest absolute Gasteiger partial charge is 0.130 e. The van der Waals surface area contributed by atoms with Crippen molar-refractivity contribution in [3.8, 4) is 0 Å². The summed E-state index contributed by atoms with van der Waals surface area (Å²) in [6, 6.07) is 12.4. The molecule has 1 atom stereocenters. The third-order valence-electron chi connectivity index (χ3n) is 4.55. The van der Waals surface area contributed by atoms with Crippen LogP contribution in [0.3, 0.4) is 0 Å². The van der Waals surface area contributed by atoms with Crippen molar-refractivity contribution in [2.75, 3.05) is 18.5 Å². The lowest BCUT2D eigenvalue weighted by molar-refractivity contribution is 0.193. The van der Waals surface area contributed by atoms with Crippen LogP contribution in [0.1, 0.15) is 35.0 Å². The zero-order chi connectivity index (χ0) is 17.8. The van der Waals surface area contributed by atoms with Crippen molar-refractivity contribution in [3.05, 3.63) is 71.4 Å². The molecule has 3 heterocycles. The SMILES string of the molecule is Cc1nc(NCc2cnn(Cc3ccccc3)c2)cc([C@H]2CCOC2)n1. The highest BCUT2D eigenvalue weighted by molar-refractivity contribution is 5.38. The summed E-state index contributed by atoms with van der Waals surface area (Å²) < 4.78 is 7.44. The molecule has 0 aliphatic carbocycles. The second-order valence-electron chi connectivity index (χ2n) is 6.67. The quantitative estimate of drug-likeness (QED) is 0.741. The molecule has 0 saturated carbocycles. The van der Waals surface area contributed by atoms with Gasteiger partial charge in [-0.05, 0) is 18.9 Å². The first-order chi connectivity index (χ1) is 12.8. The molecule has 1 saturated heterocycles. The van der Waals surface area contributed by atoms with Crippen molar-refractivity contribution in [2.24, 2.45) is 0 Å². The van der Waals surface area contributed by atoms with E-state index < -0.39 is 0 Å². The number of rotatable bonds is 6. The third kappa shape index (κ3) is 4.08. The first-order valence-electron chi connectivity index (χ1n) is 8.99. The monoisotopic (exact) mass is 349 g/mol. The summed E-state index contributed by atoms with van der Waals surface area (Å²) in [5, 5.41) is 7.85. The lowest BCUT2D eigenvalue weighted by atomic mass is 10.0. The molecule has 1 fully saturated rings. The van der Waals surface area contributed by atoms with E-state index in [1.807, 2.05) is 42.1 Å². The first-order valence-corrected chi connectivity index (χ1v) is 8.99. The van der Waals surface area contributed by atoms with Crippen molar-refractivity contribution in [1.29, 1.82) is 0 Å². The molecular formula is C20H23N5O. The van der Waals surface area contributed by atoms with Crippen molar-refractivity contribution >= 4 is 5.82 Å². The summed E-state index contributed by atoms with van der Waals surface area (Å²) in [6.45, 7) is 4.97. The standard InChI is InChI=1S/C20H23N5O/c1-15-23-19(18-7-8-26-14-18)9-20(24-15)21-10-17-11-22-25(13-17)12-16-5-3-2-4-6-16/h2-6,9,11,13,18H,7-8,10,12,14H2,1H3,(H,21,23,24)/t18-/m0/s1. The van der Waals surface area contributed by atoms with E-state index in [1.165, 1.54) is 5.56 Å². The van der Waals surface area contributed by atoms with Crippen LogP contribution >= 0.6 is 0 Å². The van der Waals surface area contributed by atoms with Crippen molar-refractivity contribution in [3.63, 3.8) is 0 Å². The Balaban J connectivity index is 1.40. The first kappa shape index (κ1) is 16.7. The number of ether oxygens (including phenoxy) is 1. The molecule has 0 radical (unpaired) electrons. The number of aromatic nitrogens is 4. The van der Waals surface area contributed by atoms with E-state index in [0.29, 0.717) is 12.5 Å². The summed E-state index contributed by atoms with van der Waals surface area (Å²) in [5.41, 5.74) is 3.44. The molecule has 0 bridgehead atoms. The van der Waals surface area contributed by atoms with Gasteiger partial charge in [0.15, 0.2) is 0 Å². The van der Waals surface area contributed by atoms with E-state index >= 15 is 0 Å². The number of nitrogens with one attached hydrogen (secondary N) is 1. The van der Waals surface area contributed by atoms with E-state index in [0.717, 1.165) is 49.1 Å². The van der Waals surface area contributed by atoms with Crippen LogP contribution in [0.4, 0.5) is 5.82 Å². The second-order valence-corrected chi connectivity index (χ2v) is 6.67. The van der Waals surface area contributed by atoms with Gasteiger partial charge in [0.25, 0.3) is 0 Å². The van der Waals surface area contributed by atoms with Gasteiger partial charge in [-0.2, -0.15) is 5.10 Å². The minimum atomic E-state index is 0.380. The Morgan fingerprint density at radius 2 is 2.08 bits per heavy atom. The molecule has 1 N–H and O–H groups in total. The number of aryl methyl sites for hydroxylation is 1. The van der Waals surface area contributed by atoms with Crippen LogP contribution in [0.2, 0.25) is 0 Å². The number of anilines is 1. The van der Waals surface area contributed by atoms with Crippen LogP contribution in [-0.4, -0.2) is 33.0 Å². The average Bonchev–Trinajstić information content (AvgIpc) is 3.33. The fourth-order valence-electron chi connectivity index (χ4n) is 3.21. The lowest BCUT2D eigenvalue weighted by Gasteiger charge is -2.11. The molecule has 26 heavy (non-hydrogen) atoms. The fourth-order valence-corrected chi connectivity index (χ4v) is 3.21. The Hall–Kier alpha value is -2.73. The molecule has 2 aromatic heterocycles. The summed E-state index contributed by atoms with van der Waals surface area (Å²) in [5.74, 6) is 2.03. The molecule has 1 aliphatic rings. The van der Waals surface area contributed by atoms with Gasteiger partial charge in [-0.1, -0.05) is 30.3 Å². The number of nitrogens with zero attached hydrogens (tertiary/aromatic N) is 4. The van der Waals surface area contributed by atoms with Crippen molar-refractivity contribution < 1.29 is 4.74 Å². The van der Waals surface area contributed by atoms with Gasteiger partial charge in [-0.25, -0.2) is 9.97 Å². The highest BCUT2D eigenvalue weighted by Gasteiger charge is 2.20. The zero-order valence-corrected chi connectivity index (χ0v) is 14.9. The van der Waals surface area contributed by atoms with Gasteiger partial charge < -0.3 is 10.1 Å². The maximum absolute atomic E-state index is 5.48. The maximum atomic E-state index is 5.48. The lowest BCUT2D eigenvalue weighted by Crippen LogP contribution is -2.08. The van der Waals surface area contributed by atoms with E-state index in [-0.39, 0.29) is 0 Å². The Labute approximate surface area is 153 Å². The largest absolute Gasteiger partial charge is 0.381 e. The molecule has 6 heteroatoms. The average molecular weight is 349 g/mol. The van der Waals surface area contributed by atoms with Crippen LogP contribution in [0.5, 0.6) is 0 Å². The molecule has 6 nitrogen and oxygen atoms in total.